The van der Waals surface area contributed by atoms with Crippen molar-refractivity contribution in [3.63, 3.8) is 0 Å². The molecule has 0 aromatic heterocycles. The van der Waals surface area contributed by atoms with Gasteiger partial charge >= 0.3 is 0 Å². The van der Waals surface area contributed by atoms with Gasteiger partial charge in [-0.2, -0.15) is 0 Å². The quantitative estimate of drug-likeness (QED) is 0.627. The lowest BCUT2D eigenvalue weighted by Gasteiger charge is -2.21. The van der Waals surface area contributed by atoms with Gasteiger partial charge in [-0.25, -0.2) is 0 Å². The second-order valence-corrected chi connectivity index (χ2v) is 7.61. The third kappa shape index (κ3) is 4.34. The average molecular weight is 392 g/mol. The van der Waals surface area contributed by atoms with E-state index in [2.05, 4.69) is 13.8 Å². The number of anilines is 1. The molecule has 0 N–H and O–H groups in total. The summed E-state index contributed by atoms with van der Waals surface area (Å²) in [4.78, 5) is 29.4. The smallest absolute Gasteiger partial charge is 0.278 e. The van der Waals surface area contributed by atoms with Gasteiger partial charge in [-0.15, -0.1) is 0 Å². The summed E-state index contributed by atoms with van der Waals surface area (Å²) >= 11 is 0. The molecule has 152 valence electrons. The number of nitrogens with zero attached hydrogens (tertiary/aromatic N) is 2. The summed E-state index contributed by atoms with van der Waals surface area (Å²) in [6.07, 6.45) is 0.717. The third-order valence-electron chi connectivity index (χ3n) is 4.80. The number of hydrogen-bond acceptors (Lipinski definition) is 4. The number of amides is 2. The fraction of sp³-hybridized carbons (Fsp3) is 0.333. The van der Waals surface area contributed by atoms with E-state index < -0.39 is 0 Å². The summed E-state index contributed by atoms with van der Waals surface area (Å²) in [5, 5.41) is 0. The van der Waals surface area contributed by atoms with Gasteiger partial charge < -0.3 is 9.64 Å². The normalized spacial score (nSPS) is 14.2. The molecule has 0 fully saturated rings. The van der Waals surface area contributed by atoms with E-state index in [0.717, 1.165) is 23.4 Å². The highest BCUT2D eigenvalue weighted by atomic mass is 16.5. The number of likely N-dealkylation sites (N-methyl/N-ethyl adjacent to an activating group) is 1. The Morgan fingerprint density at radius 1 is 0.966 bits per heavy atom. The molecular weight excluding hydrogens is 364 g/mol. The van der Waals surface area contributed by atoms with Crippen molar-refractivity contribution in [2.75, 3.05) is 25.1 Å². The molecule has 29 heavy (non-hydrogen) atoms. The highest BCUT2D eigenvalue weighted by molar-refractivity contribution is 6.36. The third-order valence-corrected chi connectivity index (χ3v) is 4.80. The average Bonchev–Trinajstić information content (AvgIpc) is 2.97. The van der Waals surface area contributed by atoms with E-state index in [1.807, 2.05) is 68.6 Å². The van der Waals surface area contributed by atoms with Crippen LogP contribution in [0.25, 0.3) is 5.57 Å². The van der Waals surface area contributed by atoms with Crippen molar-refractivity contribution in [3.05, 3.63) is 65.9 Å². The molecule has 0 saturated carbocycles. The second kappa shape index (κ2) is 8.95. The maximum absolute atomic E-state index is 13.1. The van der Waals surface area contributed by atoms with Gasteiger partial charge in [-0.05, 0) is 42.2 Å². The molecule has 0 atom stereocenters. The first-order valence-electron chi connectivity index (χ1n) is 10.1. The summed E-state index contributed by atoms with van der Waals surface area (Å²) in [6, 6.07) is 17.0. The number of ether oxygens (including phenoxy) is 1. The van der Waals surface area contributed by atoms with Crippen LogP contribution in [0.15, 0.2) is 60.3 Å². The molecule has 1 aliphatic heterocycles. The number of carbonyl (C=O) groups excluding carboxylic acids is 2. The first kappa shape index (κ1) is 20.6. The minimum Gasteiger partial charge on any atom is -0.493 e. The van der Waals surface area contributed by atoms with Gasteiger partial charge in [0.25, 0.3) is 11.8 Å². The van der Waals surface area contributed by atoms with Gasteiger partial charge in [0.1, 0.15) is 11.4 Å². The van der Waals surface area contributed by atoms with Crippen molar-refractivity contribution in [2.45, 2.75) is 27.2 Å². The van der Waals surface area contributed by atoms with Crippen molar-refractivity contribution in [2.24, 2.45) is 5.92 Å². The molecule has 0 spiro atoms. The predicted molar refractivity (Wildman–Crippen MR) is 116 cm³/mol. The highest BCUT2D eigenvalue weighted by Gasteiger charge is 2.40. The van der Waals surface area contributed by atoms with Gasteiger partial charge in [0.15, 0.2) is 0 Å². The Bertz CT molecular complexity index is 901. The molecule has 2 aromatic rings. The zero-order chi connectivity index (χ0) is 21.0. The number of imide groups is 1. The fourth-order valence-electron chi connectivity index (χ4n) is 3.32. The van der Waals surface area contributed by atoms with Crippen LogP contribution in [-0.4, -0.2) is 36.9 Å². The standard InChI is InChI=1S/C24H28N2O3/c1-5-15-26-23(27)21(18-11-13-20(14-12-18)29-16-17(2)3)22(24(26)28)25(4)19-9-7-6-8-10-19/h6-14,17H,5,15-16H2,1-4H3. The lowest BCUT2D eigenvalue weighted by molar-refractivity contribution is -0.136. The van der Waals surface area contributed by atoms with Crippen LogP contribution >= 0.6 is 0 Å². The molecule has 5 heteroatoms. The first-order chi connectivity index (χ1) is 13.9. The van der Waals surface area contributed by atoms with Crippen LogP contribution in [0.3, 0.4) is 0 Å². The lowest BCUT2D eigenvalue weighted by atomic mass is 10.0. The van der Waals surface area contributed by atoms with E-state index in [1.165, 1.54) is 4.90 Å². The monoisotopic (exact) mass is 392 g/mol. The molecule has 5 nitrogen and oxygen atoms in total. The summed E-state index contributed by atoms with van der Waals surface area (Å²) in [7, 11) is 1.82. The van der Waals surface area contributed by atoms with Crippen LogP contribution in [0, 0.1) is 5.92 Å². The number of para-hydroxylation sites is 1. The molecule has 0 bridgehead atoms. The van der Waals surface area contributed by atoms with E-state index in [9.17, 15) is 9.59 Å². The van der Waals surface area contributed by atoms with Crippen LogP contribution in [0.5, 0.6) is 5.75 Å². The number of rotatable bonds is 8. The lowest BCUT2D eigenvalue weighted by Crippen LogP contribution is -2.34. The first-order valence-corrected chi connectivity index (χ1v) is 10.1. The fourth-order valence-corrected chi connectivity index (χ4v) is 3.32. The number of carbonyl (C=O) groups is 2. The van der Waals surface area contributed by atoms with E-state index in [-0.39, 0.29) is 11.8 Å². The Labute approximate surface area is 172 Å². The highest BCUT2D eigenvalue weighted by Crippen LogP contribution is 2.34. The topological polar surface area (TPSA) is 49.9 Å². The molecule has 0 aliphatic carbocycles. The Kier molecular flexibility index (Phi) is 6.37. The molecule has 1 aliphatic rings. The van der Waals surface area contributed by atoms with Crippen molar-refractivity contribution in [1.82, 2.24) is 4.90 Å². The summed E-state index contributed by atoms with van der Waals surface area (Å²) in [5.41, 5.74) is 2.42. The number of hydrogen-bond donors (Lipinski definition) is 0. The van der Waals surface area contributed by atoms with Crippen molar-refractivity contribution in [1.29, 1.82) is 0 Å². The molecule has 0 saturated heterocycles. The Balaban J connectivity index is 2.01. The van der Waals surface area contributed by atoms with Gasteiger partial charge in [-0.1, -0.05) is 51.1 Å². The number of benzene rings is 2. The van der Waals surface area contributed by atoms with Gasteiger partial charge in [0, 0.05) is 19.3 Å². The van der Waals surface area contributed by atoms with E-state index >= 15 is 0 Å². The Morgan fingerprint density at radius 2 is 1.62 bits per heavy atom. The summed E-state index contributed by atoms with van der Waals surface area (Å²) in [6.45, 7) is 7.18. The molecule has 2 aromatic carbocycles. The molecule has 2 amide bonds. The zero-order valence-corrected chi connectivity index (χ0v) is 17.5. The van der Waals surface area contributed by atoms with Crippen LogP contribution < -0.4 is 9.64 Å². The molecule has 0 unspecified atom stereocenters. The maximum Gasteiger partial charge on any atom is 0.278 e. The van der Waals surface area contributed by atoms with Gasteiger partial charge in [0.2, 0.25) is 0 Å². The second-order valence-electron chi connectivity index (χ2n) is 7.61. The van der Waals surface area contributed by atoms with E-state index in [1.54, 1.807) is 4.90 Å². The van der Waals surface area contributed by atoms with Crippen molar-refractivity contribution < 1.29 is 14.3 Å². The van der Waals surface area contributed by atoms with Gasteiger partial charge in [0.05, 0.1) is 12.2 Å². The van der Waals surface area contributed by atoms with E-state index in [4.69, 9.17) is 4.74 Å². The maximum atomic E-state index is 13.1. The molecule has 1 heterocycles. The zero-order valence-electron chi connectivity index (χ0n) is 17.5. The minimum absolute atomic E-state index is 0.245. The molecule has 3 rings (SSSR count). The Hall–Kier alpha value is -3.08. The van der Waals surface area contributed by atoms with Crippen LogP contribution in [-0.2, 0) is 9.59 Å². The molecular formula is C24H28N2O3. The SMILES string of the molecule is CCCN1C(=O)C(c2ccc(OCC(C)C)cc2)=C(N(C)c2ccccc2)C1=O. The summed E-state index contributed by atoms with van der Waals surface area (Å²) < 4.78 is 5.75. The predicted octanol–water partition coefficient (Wildman–Crippen LogP) is 4.35. The van der Waals surface area contributed by atoms with Crippen LogP contribution in [0.1, 0.15) is 32.8 Å². The van der Waals surface area contributed by atoms with Gasteiger partial charge in [-0.3, -0.25) is 14.5 Å². The Morgan fingerprint density at radius 3 is 2.21 bits per heavy atom. The van der Waals surface area contributed by atoms with Crippen molar-refractivity contribution >= 4 is 23.1 Å². The van der Waals surface area contributed by atoms with E-state index in [0.29, 0.717) is 30.3 Å². The summed E-state index contributed by atoms with van der Waals surface area (Å²) in [5.74, 6) is 0.687. The van der Waals surface area contributed by atoms with Crippen LogP contribution in [0.2, 0.25) is 0 Å². The van der Waals surface area contributed by atoms with Crippen LogP contribution in [0.4, 0.5) is 5.69 Å². The molecule has 0 radical (unpaired) electrons. The largest absolute Gasteiger partial charge is 0.493 e. The van der Waals surface area contributed by atoms with Crippen molar-refractivity contribution in [3.8, 4) is 5.75 Å². The minimum atomic E-state index is -0.252.